The second-order valence-corrected chi connectivity index (χ2v) is 6.57. The number of piperidine rings is 1. The van der Waals surface area contributed by atoms with Crippen molar-refractivity contribution in [2.45, 2.75) is 38.3 Å². The maximum absolute atomic E-state index is 11.2. The lowest BCUT2D eigenvalue weighted by molar-refractivity contribution is -0.0335. The van der Waals surface area contributed by atoms with Crippen molar-refractivity contribution in [3.8, 4) is 11.5 Å². The lowest BCUT2D eigenvalue weighted by atomic mass is 9.83. The van der Waals surface area contributed by atoms with Gasteiger partial charge < -0.3 is 14.7 Å². The number of hydrogen-bond donors (Lipinski definition) is 1. The predicted molar refractivity (Wildman–Crippen MR) is 92.8 cm³/mol. The number of para-hydroxylation sites is 2. The van der Waals surface area contributed by atoms with Gasteiger partial charge in [0.25, 0.3) is 0 Å². The highest BCUT2D eigenvalue weighted by Gasteiger charge is 2.36. The summed E-state index contributed by atoms with van der Waals surface area (Å²) < 4.78 is 6.03. The van der Waals surface area contributed by atoms with Gasteiger partial charge >= 0.3 is 0 Å². The molecule has 2 aromatic rings. The molecule has 1 heterocycles. The molecular formula is C20H25NO2. The summed E-state index contributed by atoms with van der Waals surface area (Å²) in [4.78, 5) is 2.41. The molecule has 0 aromatic heterocycles. The van der Waals surface area contributed by atoms with Gasteiger partial charge in [0, 0.05) is 24.7 Å². The Morgan fingerprint density at radius 1 is 0.957 bits per heavy atom. The zero-order valence-corrected chi connectivity index (χ0v) is 13.9. The third-order valence-corrected chi connectivity index (χ3v) is 4.71. The first-order valence-corrected chi connectivity index (χ1v) is 8.37. The summed E-state index contributed by atoms with van der Waals surface area (Å²) in [6.07, 6.45) is 1.47. The van der Waals surface area contributed by atoms with Crippen LogP contribution in [0.2, 0.25) is 0 Å². The molecule has 1 aliphatic rings. The summed E-state index contributed by atoms with van der Waals surface area (Å²) in [6, 6.07) is 18.1. The molecule has 2 aromatic carbocycles. The SMILES string of the molecule is CC(C)N1CCC(O)(c2ccccc2Oc2ccccc2)CC1. The Bertz CT molecular complexity index is 631. The first-order chi connectivity index (χ1) is 11.1. The predicted octanol–water partition coefficient (Wildman–Crippen LogP) is 4.17. The third-order valence-electron chi connectivity index (χ3n) is 4.71. The van der Waals surface area contributed by atoms with E-state index in [1.807, 2.05) is 54.6 Å². The number of nitrogens with zero attached hydrogens (tertiary/aromatic N) is 1. The van der Waals surface area contributed by atoms with E-state index in [0.29, 0.717) is 6.04 Å². The van der Waals surface area contributed by atoms with E-state index in [4.69, 9.17) is 4.74 Å². The van der Waals surface area contributed by atoms with Gasteiger partial charge in [-0.3, -0.25) is 0 Å². The average Bonchev–Trinajstić information content (AvgIpc) is 2.56. The molecule has 0 spiro atoms. The highest BCUT2D eigenvalue weighted by atomic mass is 16.5. The van der Waals surface area contributed by atoms with Crippen LogP contribution >= 0.6 is 0 Å². The molecule has 0 radical (unpaired) electrons. The van der Waals surface area contributed by atoms with Gasteiger partial charge in [0.2, 0.25) is 0 Å². The molecule has 122 valence electrons. The Hall–Kier alpha value is -1.84. The molecule has 3 heteroatoms. The normalized spacial score (nSPS) is 18.1. The van der Waals surface area contributed by atoms with Crippen molar-refractivity contribution >= 4 is 0 Å². The van der Waals surface area contributed by atoms with Gasteiger partial charge in [0.15, 0.2) is 0 Å². The Morgan fingerprint density at radius 3 is 2.22 bits per heavy atom. The highest BCUT2D eigenvalue weighted by molar-refractivity contribution is 5.41. The van der Waals surface area contributed by atoms with Gasteiger partial charge in [-0.1, -0.05) is 36.4 Å². The smallest absolute Gasteiger partial charge is 0.133 e. The first-order valence-electron chi connectivity index (χ1n) is 8.37. The quantitative estimate of drug-likeness (QED) is 0.920. The van der Waals surface area contributed by atoms with Crippen molar-refractivity contribution in [2.75, 3.05) is 13.1 Å². The molecule has 0 amide bonds. The molecule has 0 aliphatic carbocycles. The molecule has 1 saturated heterocycles. The summed E-state index contributed by atoms with van der Waals surface area (Å²) in [5.41, 5.74) is 0.0868. The Balaban J connectivity index is 1.83. The van der Waals surface area contributed by atoms with Gasteiger partial charge in [-0.2, -0.15) is 0 Å². The van der Waals surface area contributed by atoms with Crippen LogP contribution in [0.4, 0.5) is 0 Å². The molecule has 1 N–H and O–H groups in total. The molecule has 1 aliphatic heterocycles. The van der Waals surface area contributed by atoms with Crippen LogP contribution in [0.25, 0.3) is 0 Å². The van der Waals surface area contributed by atoms with Gasteiger partial charge in [-0.25, -0.2) is 0 Å². The monoisotopic (exact) mass is 311 g/mol. The third kappa shape index (κ3) is 3.57. The topological polar surface area (TPSA) is 32.7 Å². The fourth-order valence-corrected chi connectivity index (χ4v) is 3.24. The Kier molecular flexibility index (Phi) is 4.69. The Morgan fingerprint density at radius 2 is 1.57 bits per heavy atom. The molecule has 3 rings (SSSR count). The lowest BCUT2D eigenvalue weighted by Gasteiger charge is -2.40. The van der Waals surface area contributed by atoms with E-state index in [0.717, 1.165) is 43.0 Å². The standard InChI is InChI=1S/C20H25NO2/c1-16(2)21-14-12-20(22,13-15-21)18-10-6-7-11-19(18)23-17-8-4-3-5-9-17/h3-11,16,22H,12-15H2,1-2H3. The fourth-order valence-electron chi connectivity index (χ4n) is 3.24. The zero-order chi connectivity index (χ0) is 16.3. The molecule has 0 atom stereocenters. The van der Waals surface area contributed by atoms with Gasteiger partial charge in [0.1, 0.15) is 11.5 Å². The molecule has 23 heavy (non-hydrogen) atoms. The van der Waals surface area contributed by atoms with Crippen molar-refractivity contribution < 1.29 is 9.84 Å². The van der Waals surface area contributed by atoms with E-state index in [1.165, 1.54) is 0 Å². The molecule has 0 unspecified atom stereocenters. The van der Waals surface area contributed by atoms with E-state index in [2.05, 4.69) is 18.7 Å². The van der Waals surface area contributed by atoms with Crippen molar-refractivity contribution in [3.63, 3.8) is 0 Å². The minimum Gasteiger partial charge on any atom is -0.457 e. The van der Waals surface area contributed by atoms with Crippen molar-refractivity contribution in [2.24, 2.45) is 0 Å². The number of aliphatic hydroxyl groups is 1. The van der Waals surface area contributed by atoms with E-state index in [9.17, 15) is 5.11 Å². The van der Waals surface area contributed by atoms with Crippen LogP contribution in [-0.4, -0.2) is 29.1 Å². The largest absolute Gasteiger partial charge is 0.457 e. The average molecular weight is 311 g/mol. The lowest BCUT2D eigenvalue weighted by Crippen LogP contribution is -2.45. The van der Waals surface area contributed by atoms with E-state index in [1.54, 1.807) is 0 Å². The summed E-state index contributed by atoms with van der Waals surface area (Å²) in [5, 5.41) is 11.2. The molecule has 3 nitrogen and oxygen atoms in total. The van der Waals surface area contributed by atoms with Crippen molar-refractivity contribution in [3.05, 3.63) is 60.2 Å². The van der Waals surface area contributed by atoms with Gasteiger partial charge in [-0.05, 0) is 44.9 Å². The van der Waals surface area contributed by atoms with Crippen LogP contribution < -0.4 is 4.74 Å². The molecule has 0 bridgehead atoms. The number of likely N-dealkylation sites (tertiary alicyclic amines) is 1. The first kappa shape index (κ1) is 16.0. The number of benzene rings is 2. The van der Waals surface area contributed by atoms with Crippen LogP contribution in [0.5, 0.6) is 11.5 Å². The maximum Gasteiger partial charge on any atom is 0.133 e. The van der Waals surface area contributed by atoms with Crippen LogP contribution in [0, 0.1) is 0 Å². The molecular weight excluding hydrogens is 286 g/mol. The molecule has 0 saturated carbocycles. The van der Waals surface area contributed by atoms with Crippen LogP contribution in [0.1, 0.15) is 32.3 Å². The summed E-state index contributed by atoms with van der Waals surface area (Å²) >= 11 is 0. The highest BCUT2D eigenvalue weighted by Crippen LogP contribution is 2.39. The summed E-state index contributed by atoms with van der Waals surface area (Å²) in [5.74, 6) is 1.54. The Labute approximate surface area is 138 Å². The van der Waals surface area contributed by atoms with Crippen LogP contribution in [0.3, 0.4) is 0 Å². The van der Waals surface area contributed by atoms with Crippen LogP contribution in [0.15, 0.2) is 54.6 Å². The second kappa shape index (κ2) is 6.73. The van der Waals surface area contributed by atoms with Crippen molar-refractivity contribution in [1.29, 1.82) is 0 Å². The van der Waals surface area contributed by atoms with Crippen molar-refractivity contribution in [1.82, 2.24) is 4.90 Å². The van der Waals surface area contributed by atoms with Crippen LogP contribution in [-0.2, 0) is 5.60 Å². The summed E-state index contributed by atoms with van der Waals surface area (Å²) in [6.45, 7) is 6.23. The number of rotatable bonds is 4. The van der Waals surface area contributed by atoms with E-state index >= 15 is 0 Å². The van der Waals surface area contributed by atoms with E-state index < -0.39 is 5.60 Å². The van der Waals surface area contributed by atoms with Gasteiger partial charge in [0.05, 0.1) is 5.60 Å². The maximum atomic E-state index is 11.2. The van der Waals surface area contributed by atoms with E-state index in [-0.39, 0.29) is 0 Å². The minimum atomic E-state index is -0.809. The summed E-state index contributed by atoms with van der Waals surface area (Å²) in [7, 11) is 0. The minimum absolute atomic E-state index is 0.523. The number of ether oxygens (including phenoxy) is 1. The molecule has 1 fully saturated rings. The van der Waals surface area contributed by atoms with Gasteiger partial charge in [-0.15, -0.1) is 0 Å². The second-order valence-electron chi connectivity index (χ2n) is 6.57. The number of hydrogen-bond acceptors (Lipinski definition) is 3. The fraction of sp³-hybridized carbons (Fsp3) is 0.400. The zero-order valence-electron chi connectivity index (χ0n) is 13.9.